The van der Waals surface area contributed by atoms with Gasteiger partial charge in [0.1, 0.15) is 11.5 Å². The van der Waals surface area contributed by atoms with Crippen molar-refractivity contribution >= 4 is 34.1 Å². The van der Waals surface area contributed by atoms with Gasteiger partial charge in [-0.25, -0.2) is 0 Å². The summed E-state index contributed by atoms with van der Waals surface area (Å²) < 4.78 is 6.35. The number of hydrogen-bond acceptors (Lipinski definition) is 5. The monoisotopic (exact) mass is 556 g/mol. The van der Waals surface area contributed by atoms with Crippen LogP contribution in [0.4, 0.5) is 34.1 Å². The fourth-order valence-corrected chi connectivity index (χ4v) is 5.22. The lowest BCUT2D eigenvalue weighted by atomic mass is 10.1. The number of nitrogens with zero attached hydrogens (tertiary/aromatic N) is 4. The number of furan rings is 1. The summed E-state index contributed by atoms with van der Waals surface area (Å²) in [6.07, 6.45) is 7.33. The van der Waals surface area contributed by atoms with Crippen molar-refractivity contribution in [3.63, 3.8) is 0 Å². The Morgan fingerprint density at radius 3 is 1.09 bits per heavy atom. The number of aromatic nitrogens is 2. The van der Waals surface area contributed by atoms with Crippen LogP contribution in [0.2, 0.25) is 0 Å². The van der Waals surface area contributed by atoms with Gasteiger partial charge in [0.15, 0.2) is 0 Å². The summed E-state index contributed by atoms with van der Waals surface area (Å²) in [7, 11) is 0. The zero-order valence-electron chi connectivity index (χ0n) is 23.4. The highest BCUT2D eigenvalue weighted by atomic mass is 16.3. The predicted molar refractivity (Wildman–Crippen MR) is 175 cm³/mol. The van der Waals surface area contributed by atoms with E-state index in [-0.39, 0.29) is 0 Å². The van der Waals surface area contributed by atoms with E-state index in [1.807, 2.05) is 73.1 Å². The molecule has 0 radical (unpaired) electrons. The average molecular weight is 557 g/mol. The van der Waals surface area contributed by atoms with Crippen LogP contribution >= 0.6 is 0 Å². The second kappa shape index (κ2) is 11.9. The zero-order valence-corrected chi connectivity index (χ0v) is 23.4. The Kier molecular flexibility index (Phi) is 7.19. The van der Waals surface area contributed by atoms with Gasteiger partial charge in [-0.15, -0.1) is 0 Å². The van der Waals surface area contributed by atoms with Crippen LogP contribution in [-0.2, 0) is 0 Å². The lowest BCUT2D eigenvalue weighted by Gasteiger charge is -2.25. The van der Waals surface area contributed by atoms with Gasteiger partial charge in [-0.3, -0.25) is 9.97 Å². The van der Waals surface area contributed by atoms with E-state index in [1.54, 1.807) is 12.4 Å². The quantitative estimate of drug-likeness (QED) is 0.186. The third-order valence-electron chi connectivity index (χ3n) is 7.26. The second-order valence-corrected chi connectivity index (χ2v) is 10.0. The van der Waals surface area contributed by atoms with E-state index in [1.165, 1.54) is 0 Å². The number of para-hydroxylation sites is 2. The molecule has 0 unspecified atom stereocenters. The highest BCUT2D eigenvalue weighted by Crippen LogP contribution is 2.37. The van der Waals surface area contributed by atoms with Gasteiger partial charge in [-0.2, -0.15) is 0 Å². The largest absolute Gasteiger partial charge is 0.456 e. The van der Waals surface area contributed by atoms with Crippen molar-refractivity contribution in [3.8, 4) is 22.6 Å². The van der Waals surface area contributed by atoms with Crippen molar-refractivity contribution in [2.24, 2.45) is 0 Å². The summed E-state index contributed by atoms with van der Waals surface area (Å²) in [6.45, 7) is 0. The Hall–Kier alpha value is -5.94. The second-order valence-electron chi connectivity index (χ2n) is 10.0. The molecular weight excluding hydrogens is 528 g/mol. The van der Waals surface area contributed by atoms with Crippen molar-refractivity contribution in [2.45, 2.75) is 0 Å². The van der Waals surface area contributed by atoms with Gasteiger partial charge in [0.2, 0.25) is 0 Å². The van der Waals surface area contributed by atoms with E-state index < -0.39 is 0 Å². The van der Waals surface area contributed by atoms with E-state index in [0.29, 0.717) is 0 Å². The molecule has 5 nitrogen and oxygen atoms in total. The van der Waals surface area contributed by atoms with Crippen LogP contribution in [0.25, 0.3) is 22.6 Å². The molecule has 3 heterocycles. The molecule has 0 saturated carbocycles. The first-order valence-electron chi connectivity index (χ1n) is 14.1. The summed E-state index contributed by atoms with van der Waals surface area (Å²) in [5.74, 6) is 1.64. The van der Waals surface area contributed by atoms with E-state index in [2.05, 4.69) is 105 Å². The zero-order chi connectivity index (χ0) is 28.8. The fourth-order valence-electron chi connectivity index (χ4n) is 5.22. The van der Waals surface area contributed by atoms with Crippen molar-refractivity contribution in [2.75, 3.05) is 9.80 Å². The number of anilines is 6. The Morgan fingerprint density at radius 2 is 0.721 bits per heavy atom. The van der Waals surface area contributed by atoms with Gasteiger partial charge < -0.3 is 14.2 Å². The third kappa shape index (κ3) is 5.52. The van der Waals surface area contributed by atoms with E-state index in [0.717, 1.165) is 56.8 Å². The first-order valence-corrected chi connectivity index (χ1v) is 14.1. The standard InChI is InChI=1S/C38H28N4O/c1-3-9-31(10-4-1)41(35-13-7-25-39-27-35)33-19-15-29(16-20-33)37-23-24-38(43-37)30-17-21-34(22-18-30)42(32-11-5-2-6-12-32)36-14-8-26-40-28-36/h1-28H. The van der Waals surface area contributed by atoms with Crippen LogP contribution in [0.5, 0.6) is 0 Å². The third-order valence-corrected chi connectivity index (χ3v) is 7.26. The first kappa shape index (κ1) is 26.0. The number of pyridine rings is 2. The molecular formula is C38H28N4O. The topological polar surface area (TPSA) is 45.4 Å². The molecule has 0 spiro atoms. The number of rotatable bonds is 8. The molecule has 0 atom stereocenters. The minimum atomic E-state index is 0.819. The molecule has 4 aromatic carbocycles. The summed E-state index contributed by atoms with van der Waals surface area (Å²) in [5.41, 5.74) is 8.25. The van der Waals surface area contributed by atoms with E-state index >= 15 is 0 Å². The Balaban J connectivity index is 1.15. The van der Waals surface area contributed by atoms with Crippen LogP contribution in [0.15, 0.2) is 175 Å². The summed E-state index contributed by atoms with van der Waals surface area (Å²) in [4.78, 5) is 13.1. The minimum absolute atomic E-state index is 0.819. The maximum Gasteiger partial charge on any atom is 0.134 e. The molecule has 0 aliphatic carbocycles. The molecule has 0 amide bonds. The van der Waals surface area contributed by atoms with Crippen LogP contribution in [0, 0.1) is 0 Å². The van der Waals surface area contributed by atoms with Crippen LogP contribution in [0.1, 0.15) is 0 Å². The highest BCUT2D eigenvalue weighted by Gasteiger charge is 2.15. The average Bonchev–Trinajstić information content (AvgIpc) is 3.58. The van der Waals surface area contributed by atoms with Crippen LogP contribution in [0.3, 0.4) is 0 Å². The molecule has 7 aromatic rings. The summed E-state index contributed by atoms with van der Waals surface area (Å²) in [6, 6.07) is 49.5. The van der Waals surface area contributed by atoms with Crippen molar-refractivity contribution in [1.82, 2.24) is 9.97 Å². The smallest absolute Gasteiger partial charge is 0.134 e. The summed E-state index contributed by atoms with van der Waals surface area (Å²) in [5, 5.41) is 0. The maximum absolute atomic E-state index is 6.35. The number of hydrogen-bond donors (Lipinski definition) is 0. The maximum atomic E-state index is 6.35. The van der Waals surface area contributed by atoms with Crippen molar-refractivity contribution in [1.29, 1.82) is 0 Å². The minimum Gasteiger partial charge on any atom is -0.456 e. The van der Waals surface area contributed by atoms with Crippen molar-refractivity contribution < 1.29 is 4.42 Å². The van der Waals surface area contributed by atoms with Gasteiger partial charge in [-0.1, -0.05) is 36.4 Å². The molecule has 0 fully saturated rings. The van der Waals surface area contributed by atoms with E-state index in [4.69, 9.17) is 4.42 Å². The van der Waals surface area contributed by atoms with Gasteiger partial charge >= 0.3 is 0 Å². The Labute approximate surface area is 251 Å². The SMILES string of the molecule is c1ccc(N(c2ccc(-c3ccc(-c4ccc(N(c5ccccc5)c5cccnc5)cc4)o3)cc2)c2cccnc2)cc1. The molecule has 7 rings (SSSR count). The molecule has 0 aliphatic rings. The normalized spacial score (nSPS) is 10.8. The van der Waals surface area contributed by atoms with E-state index in [9.17, 15) is 0 Å². The first-order chi connectivity index (χ1) is 21.3. The highest BCUT2D eigenvalue weighted by molar-refractivity contribution is 5.79. The van der Waals surface area contributed by atoms with Gasteiger partial charge in [0.05, 0.1) is 23.8 Å². The fraction of sp³-hybridized carbons (Fsp3) is 0. The molecule has 206 valence electrons. The number of benzene rings is 4. The summed E-state index contributed by atoms with van der Waals surface area (Å²) >= 11 is 0. The lowest BCUT2D eigenvalue weighted by Crippen LogP contribution is -2.09. The van der Waals surface area contributed by atoms with Crippen molar-refractivity contribution in [3.05, 3.63) is 170 Å². The van der Waals surface area contributed by atoms with Gasteiger partial charge in [-0.05, 0) is 109 Å². The molecule has 0 N–H and O–H groups in total. The Bertz CT molecular complexity index is 1670. The predicted octanol–water partition coefficient (Wildman–Crippen LogP) is 10.3. The molecule has 3 aromatic heterocycles. The van der Waals surface area contributed by atoms with Crippen LogP contribution in [-0.4, -0.2) is 9.97 Å². The molecule has 0 saturated heterocycles. The lowest BCUT2D eigenvalue weighted by molar-refractivity contribution is 0.597. The van der Waals surface area contributed by atoms with Crippen LogP contribution < -0.4 is 9.80 Å². The van der Waals surface area contributed by atoms with Gasteiger partial charge in [0.25, 0.3) is 0 Å². The molecule has 0 bridgehead atoms. The van der Waals surface area contributed by atoms with Gasteiger partial charge in [0, 0.05) is 46.3 Å². The Morgan fingerprint density at radius 1 is 0.349 bits per heavy atom. The molecule has 5 heteroatoms. The molecule has 0 aliphatic heterocycles. The molecule has 43 heavy (non-hydrogen) atoms.